The van der Waals surface area contributed by atoms with Crippen LogP contribution >= 0.6 is 15.9 Å². The van der Waals surface area contributed by atoms with Crippen LogP contribution in [-0.4, -0.2) is 29.7 Å². The van der Waals surface area contributed by atoms with Crippen LogP contribution in [0, 0.1) is 6.92 Å². The van der Waals surface area contributed by atoms with Gasteiger partial charge in [0.15, 0.2) is 0 Å². The molecular formula is C12H20BrN3O. The Bertz CT molecular complexity index is 358. The molecule has 0 saturated heterocycles. The zero-order valence-electron chi connectivity index (χ0n) is 10.7. The van der Waals surface area contributed by atoms with Gasteiger partial charge in [0.25, 0.3) is 0 Å². The van der Waals surface area contributed by atoms with Crippen molar-refractivity contribution in [2.75, 3.05) is 25.1 Å². The van der Waals surface area contributed by atoms with Gasteiger partial charge in [0.05, 0.1) is 16.8 Å². The van der Waals surface area contributed by atoms with Gasteiger partial charge in [0.1, 0.15) is 11.6 Å². The van der Waals surface area contributed by atoms with Crippen molar-refractivity contribution in [1.82, 2.24) is 9.97 Å². The minimum Gasteiger partial charge on any atom is -0.381 e. The molecule has 1 aromatic rings. The third-order valence-electron chi connectivity index (χ3n) is 2.28. The van der Waals surface area contributed by atoms with Crippen LogP contribution < -0.4 is 5.32 Å². The lowest BCUT2D eigenvalue weighted by Crippen LogP contribution is -2.09. The number of aryl methyl sites for hydroxylation is 1. The predicted octanol–water partition coefficient (Wildman–Crippen LogP) is 2.95. The van der Waals surface area contributed by atoms with Crippen LogP contribution in [0.4, 0.5) is 5.82 Å². The van der Waals surface area contributed by atoms with E-state index in [0.29, 0.717) is 6.61 Å². The van der Waals surface area contributed by atoms with Gasteiger partial charge in [-0.3, -0.25) is 0 Å². The molecule has 0 unspecified atom stereocenters. The molecule has 0 aliphatic rings. The molecule has 1 rings (SSSR count). The predicted molar refractivity (Wildman–Crippen MR) is 73.4 cm³/mol. The Morgan fingerprint density at radius 3 is 2.71 bits per heavy atom. The largest absolute Gasteiger partial charge is 0.381 e. The molecule has 0 aromatic carbocycles. The smallest absolute Gasteiger partial charge is 0.144 e. The summed E-state index contributed by atoms with van der Waals surface area (Å²) in [4.78, 5) is 8.93. The minimum atomic E-state index is 0.671. The highest BCUT2D eigenvalue weighted by Gasteiger charge is 2.08. The van der Waals surface area contributed by atoms with Crippen molar-refractivity contribution >= 4 is 21.7 Å². The van der Waals surface area contributed by atoms with Gasteiger partial charge >= 0.3 is 0 Å². The first-order valence-corrected chi connectivity index (χ1v) is 6.83. The van der Waals surface area contributed by atoms with E-state index in [-0.39, 0.29) is 0 Å². The number of rotatable bonds is 7. The molecule has 1 heterocycles. The molecule has 0 bridgehead atoms. The van der Waals surface area contributed by atoms with E-state index in [1.54, 1.807) is 0 Å². The van der Waals surface area contributed by atoms with Crippen LogP contribution in [0.25, 0.3) is 0 Å². The highest BCUT2D eigenvalue weighted by atomic mass is 79.9. The summed E-state index contributed by atoms with van der Waals surface area (Å²) < 4.78 is 6.27. The van der Waals surface area contributed by atoms with E-state index in [0.717, 1.165) is 47.8 Å². The van der Waals surface area contributed by atoms with Gasteiger partial charge in [-0.05, 0) is 36.2 Å². The lowest BCUT2D eigenvalue weighted by Gasteiger charge is -2.10. The number of hydrogen-bond donors (Lipinski definition) is 1. The van der Waals surface area contributed by atoms with Crippen molar-refractivity contribution in [1.29, 1.82) is 0 Å². The van der Waals surface area contributed by atoms with Gasteiger partial charge in [-0.25, -0.2) is 9.97 Å². The molecule has 17 heavy (non-hydrogen) atoms. The molecule has 0 aliphatic heterocycles. The van der Waals surface area contributed by atoms with Crippen molar-refractivity contribution < 1.29 is 4.74 Å². The van der Waals surface area contributed by atoms with Crippen LogP contribution in [0.1, 0.15) is 31.8 Å². The fourth-order valence-corrected chi connectivity index (χ4v) is 1.71. The van der Waals surface area contributed by atoms with E-state index in [4.69, 9.17) is 4.74 Å². The first-order chi connectivity index (χ1) is 8.19. The van der Waals surface area contributed by atoms with E-state index >= 15 is 0 Å². The Labute approximate surface area is 111 Å². The van der Waals surface area contributed by atoms with Crippen LogP contribution in [0.2, 0.25) is 0 Å². The Balaban J connectivity index is 2.74. The van der Waals surface area contributed by atoms with Gasteiger partial charge in [-0.2, -0.15) is 0 Å². The molecule has 0 amide bonds. The highest BCUT2D eigenvalue weighted by Crippen LogP contribution is 2.23. The molecule has 0 atom stereocenters. The molecule has 1 aromatic heterocycles. The summed E-state index contributed by atoms with van der Waals surface area (Å²) in [5.41, 5.74) is 0.963. The zero-order chi connectivity index (χ0) is 12.7. The molecule has 96 valence electrons. The standard InChI is InChI=1S/C12H20BrN3O/c1-4-7-14-12-11(13)9(3)15-10(16-12)6-8-17-5-2/h4-8H2,1-3H3,(H,14,15,16). The molecule has 0 fully saturated rings. The second-order valence-corrected chi connectivity index (χ2v) is 4.55. The second kappa shape index (κ2) is 7.61. The van der Waals surface area contributed by atoms with E-state index in [9.17, 15) is 0 Å². The number of hydrogen-bond acceptors (Lipinski definition) is 4. The topological polar surface area (TPSA) is 47.0 Å². The SMILES string of the molecule is CCCNc1nc(CCOCC)nc(C)c1Br. The third kappa shape index (κ3) is 4.60. The Morgan fingerprint density at radius 2 is 2.06 bits per heavy atom. The van der Waals surface area contributed by atoms with E-state index in [2.05, 4.69) is 38.1 Å². The first-order valence-electron chi connectivity index (χ1n) is 6.03. The van der Waals surface area contributed by atoms with Crippen molar-refractivity contribution in [2.45, 2.75) is 33.6 Å². The third-order valence-corrected chi connectivity index (χ3v) is 3.23. The Hall–Kier alpha value is -0.680. The van der Waals surface area contributed by atoms with E-state index < -0.39 is 0 Å². The molecule has 1 N–H and O–H groups in total. The summed E-state index contributed by atoms with van der Waals surface area (Å²) in [5, 5.41) is 3.30. The molecular weight excluding hydrogens is 282 g/mol. The summed E-state index contributed by atoms with van der Waals surface area (Å²) >= 11 is 3.51. The van der Waals surface area contributed by atoms with E-state index in [1.165, 1.54) is 0 Å². The normalized spacial score (nSPS) is 10.6. The maximum absolute atomic E-state index is 5.32. The summed E-state index contributed by atoms with van der Waals surface area (Å²) in [5.74, 6) is 1.71. The molecule has 4 nitrogen and oxygen atoms in total. The first kappa shape index (κ1) is 14.4. The van der Waals surface area contributed by atoms with Crippen LogP contribution in [0.3, 0.4) is 0 Å². The number of aromatic nitrogens is 2. The van der Waals surface area contributed by atoms with Gasteiger partial charge in [-0.1, -0.05) is 6.92 Å². The van der Waals surface area contributed by atoms with Gasteiger partial charge in [0, 0.05) is 19.6 Å². The highest BCUT2D eigenvalue weighted by molar-refractivity contribution is 9.10. The average molecular weight is 302 g/mol. The van der Waals surface area contributed by atoms with Crippen molar-refractivity contribution in [3.8, 4) is 0 Å². The molecule has 0 saturated carbocycles. The number of anilines is 1. The van der Waals surface area contributed by atoms with E-state index in [1.807, 2.05) is 13.8 Å². The fraction of sp³-hybridized carbons (Fsp3) is 0.667. The maximum atomic E-state index is 5.32. The fourth-order valence-electron chi connectivity index (χ4n) is 1.40. The number of ether oxygens (including phenoxy) is 1. The molecule has 0 aliphatic carbocycles. The van der Waals surface area contributed by atoms with Crippen LogP contribution in [0.5, 0.6) is 0 Å². The summed E-state index contributed by atoms with van der Waals surface area (Å²) in [6.45, 7) is 8.42. The Morgan fingerprint density at radius 1 is 1.29 bits per heavy atom. The van der Waals surface area contributed by atoms with Gasteiger partial charge in [-0.15, -0.1) is 0 Å². The minimum absolute atomic E-state index is 0.671. The second-order valence-electron chi connectivity index (χ2n) is 3.76. The summed E-state index contributed by atoms with van der Waals surface area (Å²) in [7, 11) is 0. The summed E-state index contributed by atoms with van der Waals surface area (Å²) in [6, 6.07) is 0. The van der Waals surface area contributed by atoms with Gasteiger partial charge < -0.3 is 10.1 Å². The lowest BCUT2D eigenvalue weighted by molar-refractivity contribution is 0.149. The molecule has 5 heteroatoms. The number of halogens is 1. The van der Waals surface area contributed by atoms with Crippen molar-refractivity contribution in [2.24, 2.45) is 0 Å². The lowest BCUT2D eigenvalue weighted by atomic mass is 10.3. The molecule has 0 radical (unpaired) electrons. The Kier molecular flexibility index (Phi) is 6.44. The monoisotopic (exact) mass is 301 g/mol. The quantitative estimate of drug-likeness (QED) is 0.787. The summed E-state index contributed by atoms with van der Waals surface area (Å²) in [6.07, 6.45) is 1.83. The van der Waals surface area contributed by atoms with Gasteiger partial charge in [0.2, 0.25) is 0 Å². The number of nitrogens with one attached hydrogen (secondary N) is 1. The van der Waals surface area contributed by atoms with Crippen LogP contribution in [0.15, 0.2) is 4.47 Å². The maximum Gasteiger partial charge on any atom is 0.144 e. The zero-order valence-corrected chi connectivity index (χ0v) is 12.3. The molecule has 0 spiro atoms. The van der Waals surface area contributed by atoms with Crippen molar-refractivity contribution in [3.63, 3.8) is 0 Å². The average Bonchev–Trinajstić information content (AvgIpc) is 2.32. The van der Waals surface area contributed by atoms with Crippen LogP contribution in [-0.2, 0) is 11.2 Å². The number of nitrogens with zero attached hydrogens (tertiary/aromatic N) is 2. The van der Waals surface area contributed by atoms with Crippen molar-refractivity contribution in [3.05, 3.63) is 16.0 Å².